The molecular weight excluding hydrogens is 452 g/mol. The summed E-state index contributed by atoms with van der Waals surface area (Å²) in [6.07, 6.45) is 2.97. The average Bonchev–Trinajstić information content (AvgIpc) is 3.30. The van der Waals surface area contributed by atoms with Crippen LogP contribution < -0.4 is 10.2 Å². The molecule has 2 aliphatic rings. The van der Waals surface area contributed by atoms with Gasteiger partial charge in [-0.2, -0.15) is 0 Å². The molecule has 1 aromatic carbocycles. The molecule has 2 amide bonds. The van der Waals surface area contributed by atoms with Crippen molar-refractivity contribution < 1.29 is 9.59 Å². The van der Waals surface area contributed by atoms with E-state index in [1.165, 1.54) is 24.2 Å². The summed E-state index contributed by atoms with van der Waals surface area (Å²) in [6, 6.07) is 7.59. The molecule has 1 atom stereocenters. The molecule has 1 aromatic heterocycles. The van der Waals surface area contributed by atoms with Crippen LogP contribution in [0.2, 0.25) is 0 Å². The SMILES string of the molecule is CC1CCN(Cc2csc(NC(=O)C3CCN(c4cccc(Br)c4)C3=O)n2)CC1. The maximum atomic E-state index is 12.8. The number of nitrogens with one attached hydrogen (secondary N) is 1. The first-order valence-electron chi connectivity index (χ1n) is 10.0. The molecule has 29 heavy (non-hydrogen) atoms. The van der Waals surface area contributed by atoms with Crippen LogP contribution in [-0.2, 0) is 16.1 Å². The molecule has 2 aromatic rings. The molecule has 1 N–H and O–H groups in total. The van der Waals surface area contributed by atoms with Crippen molar-refractivity contribution in [1.29, 1.82) is 0 Å². The highest BCUT2D eigenvalue weighted by atomic mass is 79.9. The van der Waals surface area contributed by atoms with Crippen LogP contribution in [0.4, 0.5) is 10.8 Å². The van der Waals surface area contributed by atoms with Crippen molar-refractivity contribution in [1.82, 2.24) is 9.88 Å². The molecule has 0 saturated carbocycles. The van der Waals surface area contributed by atoms with Gasteiger partial charge in [-0.15, -0.1) is 11.3 Å². The van der Waals surface area contributed by atoms with Crippen LogP contribution in [0.25, 0.3) is 0 Å². The number of likely N-dealkylation sites (tertiary alicyclic amines) is 1. The van der Waals surface area contributed by atoms with E-state index in [4.69, 9.17) is 0 Å². The Balaban J connectivity index is 1.34. The van der Waals surface area contributed by atoms with E-state index in [-0.39, 0.29) is 11.8 Å². The normalized spacial score (nSPS) is 21.0. The number of piperidine rings is 1. The van der Waals surface area contributed by atoms with Crippen LogP contribution in [0.5, 0.6) is 0 Å². The molecule has 2 fully saturated rings. The average molecular weight is 477 g/mol. The molecule has 1 unspecified atom stereocenters. The van der Waals surface area contributed by atoms with E-state index in [1.807, 2.05) is 29.6 Å². The third-order valence-corrected chi connectivity index (χ3v) is 6.99. The first-order valence-corrected chi connectivity index (χ1v) is 11.7. The smallest absolute Gasteiger partial charge is 0.239 e. The number of hydrogen-bond donors (Lipinski definition) is 1. The number of halogens is 1. The van der Waals surface area contributed by atoms with Crippen LogP contribution in [-0.4, -0.2) is 41.3 Å². The summed E-state index contributed by atoms with van der Waals surface area (Å²) >= 11 is 4.86. The fraction of sp³-hybridized carbons (Fsp3) is 0.476. The number of amides is 2. The number of nitrogens with zero attached hydrogens (tertiary/aromatic N) is 3. The van der Waals surface area contributed by atoms with Crippen molar-refractivity contribution in [3.8, 4) is 0 Å². The van der Waals surface area contributed by atoms with Gasteiger partial charge in [-0.3, -0.25) is 14.5 Å². The summed E-state index contributed by atoms with van der Waals surface area (Å²) in [5.41, 5.74) is 1.79. The zero-order valence-electron chi connectivity index (χ0n) is 16.4. The second kappa shape index (κ2) is 8.93. The molecule has 2 aliphatic heterocycles. The predicted molar refractivity (Wildman–Crippen MR) is 119 cm³/mol. The standard InChI is InChI=1S/C21H25BrN4O2S/c1-14-5-8-25(9-6-14)12-16-13-29-21(23-16)24-19(27)18-7-10-26(20(18)28)17-4-2-3-15(22)11-17/h2-4,11,13-14,18H,5-10,12H2,1H3,(H,23,24,27). The zero-order valence-corrected chi connectivity index (χ0v) is 18.8. The van der Waals surface area contributed by atoms with Gasteiger partial charge in [0.05, 0.1) is 5.69 Å². The number of rotatable bonds is 5. The van der Waals surface area contributed by atoms with Crippen molar-refractivity contribution in [2.24, 2.45) is 11.8 Å². The maximum absolute atomic E-state index is 12.8. The van der Waals surface area contributed by atoms with Crippen LogP contribution in [0, 0.1) is 11.8 Å². The fourth-order valence-corrected chi connectivity index (χ4v) is 4.99. The summed E-state index contributed by atoms with van der Waals surface area (Å²) in [4.78, 5) is 34.1. The number of hydrogen-bond acceptors (Lipinski definition) is 5. The molecule has 3 heterocycles. The van der Waals surface area contributed by atoms with Crippen LogP contribution in [0.15, 0.2) is 34.1 Å². The number of thiazole rings is 1. The van der Waals surface area contributed by atoms with Gasteiger partial charge >= 0.3 is 0 Å². The molecule has 2 saturated heterocycles. The van der Waals surface area contributed by atoms with Crippen molar-refractivity contribution in [2.45, 2.75) is 32.7 Å². The molecule has 0 spiro atoms. The third kappa shape index (κ3) is 4.87. The lowest BCUT2D eigenvalue weighted by atomic mass is 9.99. The van der Waals surface area contributed by atoms with Gasteiger partial charge in [-0.25, -0.2) is 4.98 Å². The van der Waals surface area contributed by atoms with E-state index < -0.39 is 5.92 Å². The van der Waals surface area contributed by atoms with Gasteiger partial charge in [0, 0.05) is 28.6 Å². The van der Waals surface area contributed by atoms with Crippen molar-refractivity contribution in [3.63, 3.8) is 0 Å². The number of aromatic nitrogens is 1. The van der Waals surface area contributed by atoms with E-state index in [0.717, 1.165) is 41.4 Å². The topological polar surface area (TPSA) is 65.5 Å². The van der Waals surface area contributed by atoms with E-state index in [1.54, 1.807) is 4.90 Å². The molecule has 0 aliphatic carbocycles. The largest absolute Gasteiger partial charge is 0.312 e. The number of carbonyl (C=O) groups excluding carboxylic acids is 2. The second-order valence-corrected chi connectivity index (χ2v) is 9.68. The van der Waals surface area contributed by atoms with Gasteiger partial charge in [0.2, 0.25) is 11.8 Å². The van der Waals surface area contributed by atoms with E-state index in [2.05, 4.69) is 38.1 Å². The second-order valence-electron chi connectivity index (χ2n) is 7.90. The summed E-state index contributed by atoms with van der Waals surface area (Å²) in [6.45, 7) is 5.86. The Morgan fingerprint density at radius 3 is 2.83 bits per heavy atom. The van der Waals surface area contributed by atoms with Crippen LogP contribution in [0.3, 0.4) is 0 Å². The number of benzene rings is 1. The maximum Gasteiger partial charge on any atom is 0.239 e. The van der Waals surface area contributed by atoms with Gasteiger partial charge in [0.25, 0.3) is 0 Å². The Morgan fingerprint density at radius 2 is 2.07 bits per heavy atom. The van der Waals surface area contributed by atoms with Crippen molar-refractivity contribution in [3.05, 3.63) is 39.8 Å². The lowest BCUT2D eigenvalue weighted by molar-refractivity contribution is -0.129. The van der Waals surface area contributed by atoms with Crippen molar-refractivity contribution >= 4 is 49.9 Å². The van der Waals surface area contributed by atoms with Gasteiger partial charge < -0.3 is 10.2 Å². The summed E-state index contributed by atoms with van der Waals surface area (Å²) in [5, 5.41) is 5.43. The highest BCUT2D eigenvalue weighted by molar-refractivity contribution is 9.10. The first kappa shape index (κ1) is 20.5. The van der Waals surface area contributed by atoms with E-state index >= 15 is 0 Å². The zero-order chi connectivity index (χ0) is 20.4. The van der Waals surface area contributed by atoms with Gasteiger partial charge in [-0.1, -0.05) is 28.9 Å². The summed E-state index contributed by atoms with van der Waals surface area (Å²) in [5.74, 6) is -0.276. The van der Waals surface area contributed by atoms with E-state index in [0.29, 0.717) is 18.1 Å². The Morgan fingerprint density at radius 1 is 1.28 bits per heavy atom. The lowest BCUT2D eigenvalue weighted by Gasteiger charge is -2.29. The molecule has 4 rings (SSSR count). The minimum Gasteiger partial charge on any atom is -0.312 e. The molecule has 0 radical (unpaired) electrons. The predicted octanol–water partition coefficient (Wildman–Crippen LogP) is 4.13. The van der Waals surface area contributed by atoms with Crippen LogP contribution in [0.1, 0.15) is 31.9 Å². The van der Waals surface area contributed by atoms with E-state index in [9.17, 15) is 9.59 Å². The highest BCUT2D eigenvalue weighted by Crippen LogP contribution is 2.29. The number of anilines is 2. The Kier molecular flexibility index (Phi) is 6.32. The Hall–Kier alpha value is -1.77. The molecular formula is C21H25BrN4O2S. The quantitative estimate of drug-likeness (QED) is 0.658. The molecule has 6 nitrogen and oxygen atoms in total. The fourth-order valence-electron chi connectivity index (χ4n) is 3.90. The minimum atomic E-state index is -0.662. The lowest BCUT2D eigenvalue weighted by Crippen LogP contribution is -2.33. The number of carbonyl (C=O) groups is 2. The summed E-state index contributed by atoms with van der Waals surface area (Å²) in [7, 11) is 0. The Labute approximate surface area is 183 Å². The Bertz CT molecular complexity index is 894. The van der Waals surface area contributed by atoms with Gasteiger partial charge in [0.15, 0.2) is 5.13 Å². The van der Waals surface area contributed by atoms with Crippen molar-refractivity contribution in [2.75, 3.05) is 29.9 Å². The first-order chi connectivity index (χ1) is 14.0. The molecule has 8 heteroatoms. The minimum absolute atomic E-state index is 0.153. The highest BCUT2D eigenvalue weighted by Gasteiger charge is 2.38. The molecule has 154 valence electrons. The monoisotopic (exact) mass is 476 g/mol. The van der Waals surface area contributed by atoms with Gasteiger partial charge in [0.1, 0.15) is 5.92 Å². The van der Waals surface area contributed by atoms with Gasteiger partial charge in [-0.05, 0) is 56.5 Å². The summed E-state index contributed by atoms with van der Waals surface area (Å²) < 4.78 is 0.911. The third-order valence-electron chi connectivity index (χ3n) is 5.69. The molecule has 0 bridgehead atoms. The van der Waals surface area contributed by atoms with Crippen LogP contribution >= 0.6 is 27.3 Å².